The summed E-state index contributed by atoms with van der Waals surface area (Å²) in [4.78, 5) is 0. The van der Waals surface area contributed by atoms with Gasteiger partial charge in [-0.15, -0.1) is 0 Å². The van der Waals surface area contributed by atoms with Crippen molar-refractivity contribution >= 4 is 12.6 Å². The van der Waals surface area contributed by atoms with Crippen molar-refractivity contribution in [3.8, 4) is 5.75 Å². The van der Waals surface area contributed by atoms with Gasteiger partial charge >= 0.3 is 13.3 Å². The summed E-state index contributed by atoms with van der Waals surface area (Å²) < 4.78 is 43.3. The monoisotopic (exact) mass is 262 g/mol. The number of unbranched alkanes of at least 4 members (excludes halogenated alkanes) is 1. The van der Waals surface area contributed by atoms with Gasteiger partial charge in [0.1, 0.15) is 5.75 Å². The molecule has 0 radical (unpaired) electrons. The van der Waals surface area contributed by atoms with E-state index in [1.54, 1.807) is 0 Å². The minimum absolute atomic E-state index is 0.195. The minimum atomic E-state index is -4.59. The summed E-state index contributed by atoms with van der Waals surface area (Å²) in [6.07, 6.45) is -3.12. The molecule has 0 saturated carbocycles. The zero-order chi connectivity index (χ0) is 13.8. The number of hydrogen-bond acceptors (Lipinski definition) is 3. The van der Waals surface area contributed by atoms with Crippen LogP contribution in [0.2, 0.25) is 0 Å². The van der Waals surface area contributed by atoms with E-state index >= 15 is 0 Å². The maximum atomic E-state index is 12.8. The molecule has 0 amide bonds. The molecule has 0 bridgehead atoms. The van der Waals surface area contributed by atoms with Gasteiger partial charge in [0, 0.05) is 0 Å². The molecule has 2 N–H and O–H groups in total. The van der Waals surface area contributed by atoms with E-state index in [1.165, 1.54) is 6.07 Å². The van der Waals surface area contributed by atoms with Gasteiger partial charge in [0.25, 0.3) is 0 Å². The fourth-order valence-electron chi connectivity index (χ4n) is 1.38. The van der Waals surface area contributed by atoms with Crippen molar-refractivity contribution in [3.63, 3.8) is 0 Å². The van der Waals surface area contributed by atoms with E-state index in [0.717, 1.165) is 12.5 Å². The summed E-state index contributed by atoms with van der Waals surface area (Å²) in [5, 5.41) is 17.7. The zero-order valence-electron chi connectivity index (χ0n) is 9.87. The summed E-state index contributed by atoms with van der Waals surface area (Å²) in [6, 6.07) is 2.99. The first-order valence-corrected chi connectivity index (χ1v) is 5.56. The molecule has 1 rings (SSSR count). The summed E-state index contributed by atoms with van der Waals surface area (Å²) in [5.74, 6) is -0.291. The fourth-order valence-corrected chi connectivity index (χ4v) is 1.38. The molecule has 0 aromatic heterocycles. The molecule has 0 fully saturated rings. The lowest BCUT2D eigenvalue weighted by atomic mass is 9.79. The molecule has 18 heavy (non-hydrogen) atoms. The Kier molecular flexibility index (Phi) is 5.04. The van der Waals surface area contributed by atoms with Crippen LogP contribution < -0.4 is 10.2 Å². The maximum Gasteiger partial charge on any atom is 0.488 e. The molecule has 0 spiro atoms. The van der Waals surface area contributed by atoms with Crippen LogP contribution in [0.4, 0.5) is 13.2 Å². The van der Waals surface area contributed by atoms with Crippen molar-refractivity contribution in [2.75, 3.05) is 6.61 Å². The highest BCUT2D eigenvalue weighted by Gasteiger charge is 2.35. The number of ether oxygens (including phenoxy) is 1. The Balaban J connectivity index is 3.02. The Bertz CT molecular complexity index is 394. The molecule has 3 nitrogen and oxygen atoms in total. The van der Waals surface area contributed by atoms with Crippen LogP contribution in [0.3, 0.4) is 0 Å². The molecular formula is C11H14BF3O3. The first-order chi connectivity index (χ1) is 8.36. The highest BCUT2D eigenvalue weighted by atomic mass is 19.4. The van der Waals surface area contributed by atoms with Gasteiger partial charge in [0.2, 0.25) is 0 Å². The lowest BCUT2D eigenvalue weighted by Crippen LogP contribution is -2.31. The van der Waals surface area contributed by atoms with Gasteiger partial charge in [-0.25, -0.2) is 0 Å². The second-order valence-corrected chi connectivity index (χ2v) is 3.83. The summed E-state index contributed by atoms with van der Waals surface area (Å²) in [5.41, 5.74) is -1.21. The third-order valence-electron chi connectivity index (χ3n) is 2.36. The van der Waals surface area contributed by atoms with Crippen molar-refractivity contribution in [2.24, 2.45) is 0 Å². The van der Waals surface area contributed by atoms with Gasteiger partial charge in [0.15, 0.2) is 0 Å². The molecule has 100 valence electrons. The predicted octanol–water partition coefficient (Wildman–Crippen LogP) is 1.56. The van der Waals surface area contributed by atoms with Crippen LogP contribution in [0.5, 0.6) is 5.75 Å². The molecule has 1 aromatic carbocycles. The average Bonchev–Trinajstić information content (AvgIpc) is 2.28. The molecule has 0 atom stereocenters. The van der Waals surface area contributed by atoms with E-state index in [1.807, 2.05) is 6.92 Å². The first kappa shape index (κ1) is 14.9. The lowest BCUT2D eigenvalue weighted by molar-refractivity contribution is -0.138. The van der Waals surface area contributed by atoms with Crippen LogP contribution in [0, 0.1) is 0 Å². The number of benzene rings is 1. The van der Waals surface area contributed by atoms with Crippen molar-refractivity contribution < 1.29 is 28.0 Å². The second-order valence-electron chi connectivity index (χ2n) is 3.83. The number of alkyl halides is 3. The summed E-state index contributed by atoms with van der Waals surface area (Å²) in [7, 11) is -1.93. The smallest absolute Gasteiger partial charge is 0.488 e. The van der Waals surface area contributed by atoms with Gasteiger partial charge < -0.3 is 14.8 Å². The Hall–Kier alpha value is -1.21. The molecular weight excluding hydrogens is 248 g/mol. The van der Waals surface area contributed by atoms with Gasteiger partial charge in [0.05, 0.1) is 12.2 Å². The minimum Gasteiger partial charge on any atom is -0.493 e. The Morgan fingerprint density at radius 1 is 1.28 bits per heavy atom. The van der Waals surface area contributed by atoms with Crippen molar-refractivity contribution in [2.45, 2.75) is 25.9 Å². The van der Waals surface area contributed by atoms with E-state index in [2.05, 4.69) is 0 Å². The quantitative estimate of drug-likeness (QED) is 0.625. The largest absolute Gasteiger partial charge is 0.493 e. The van der Waals surface area contributed by atoms with E-state index < -0.39 is 18.9 Å². The molecule has 1 aromatic rings. The molecule has 0 unspecified atom stereocenters. The maximum absolute atomic E-state index is 12.8. The highest BCUT2D eigenvalue weighted by molar-refractivity contribution is 6.58. The number of hydrogen-bond donors (Lipinski definition) is 2. The normalized spacial score (nSPS) is 11.4. The molecule has 0 aliphatic carbocycles. The fraction of sp³-hybridized carbons (Fsp3) is 0.455. The van der Waals surface area contributed by atoms with Crippen LogP contribution >= 0.6 is 0 Å². The summed E-state index contributed by atoms with van der Waals surface area (Å²) >= 11 is 0. The Morgan fingerprint density at radius 3 is 2.44 bits per heavy atom. The van der Waals surface area contributed by atoms with Crippen LogP contribution in [0.1, 0.15) is 25.3 Å². The Labute approximate surface area is 103 Å². The number of rotatable bonds is 5. The van der Waals surface area contributed by atoms with Crippen molar-refractivity contribution in [3.05, 3.63) is 23.8 Å². The van der Waals surface area contributed by atoms with Crippen LogP contribution in [0.25, 0.3) is 0 Å². The van der Waals surface area contributed by atoms with Gasteiger partial charge in [-0.1, -0.05) is 19.4 Å². The standard InChI is InChI=1S/C11H14BF3O3/c1-2-3-6-18-10-5-4-8(12(16)17)7-9(10)11(13,14)15/h4-5,7,16-17H,2-3,6H2,1H3. The second kappa shape index (κ2) is 6.11. The lowest BCUT2D eigenvalue weighted by Gasteiger charge is -2.15. The van der Waals surface area contributed by atoms with Crippen LogP contribution in [0.15, 0.2) is 18.2 Å². The van der Waals surface area contributed by atoms with Crippen molar-refractivity contribution in [1.29, 1.82) is 0 Å². The molecule has 0 saturated heterocycles. The molecule has 7 heteroatoms. The highest BCUT2D eigenvalue weighted by Crippen LogP contribution is 2.35. The van der Waals surface area contributed by atoms with E-state index in [0.29, 0.717) is 12.5 Å². The van der Waals surface area contributed by atoms with Gasteiger partial charge in [-0.3, -0.25) is 0 Å². The van der Waals surface area contributed by atoms with Crippen LogP contribution in [-0.4, -0.2) is 23.8 Å². The van der Waals surface area contributed by atoms with E-state index in [-0.39, 0.29) is 17.8 Å². The molecule has 0 heterocycles. The topological polar surface area (TPSA) is 49.7 Å². The average molecular weight is 262 g/mol. The first-order valence-electron chi connectivity index (χ1n) is 5.56. The molecule has 0 aliphatic heterocycles. The third-order valence-corrected chi connectivity index (χ3v) is 2.36. The van der Waals surface area contributed by atoms with Crippen LogP contribution in [-0.2, 0) is 6.18 Å². The SMILES string of the molecule is CCCCOc1ccc(B(O)O)cc1C(F)(F)F. The Morgan fingerprint density at radius 2 is 1.94 bits per heavy atom. The summed E-state index contributed by atoms with van der Waals surface area (Å²) in [6.45, 7) is 2.10. The molecule has 0 aliphatic rings. The van der Waals surface area contributed by atoms with Gasteiger partial charge in [-0.05, 0) is 24.0 Å². The number of halogens is 3. The van der Waals surface area contributed by atoms with E-state index in [4.69, 9.17) is 14.8 Å². The predicted molar refractivity (Wildman–Crippen MR) is 61.7 cm³/mol. The van der Waals surface area contributed by atoms with Crippen molar-refractivity contribution in [1.82, 2.24) is 0 Å². The third kappa shape index (κ3) is 3.92. The zero-order valence-corrected chi connectivity index (χ0v) is 9.87. The van der Waals surface area contributed by atoms with Gasteiger partial charge in [-0.2, -0.15) is 13.2 Å². The van der Waals surface area contributed by atoms with E-state index in [9.17, 15) is 13.2 Å².